The van der Waals surface area contributed by atoms with E-state index >= 15 is 0 Å². The zero-order valence-corrected chi connectivity index (χ0v) is 14.1. The molecule has 23 heavy (non-hydrogen) atoms. The zero-order valence-electron chi connectivity index (χ0n) is 13.3. The van der Waals surface area contributed by atoms with Gasteiger partial charge in [0.2, 0.25) is 5.91 Å². The molecule has 0 fully saturated rings. The highest BCUT2D eigenvalue weighted by Gasteiger charge is 2.18. The first-order chi connectivity index (χ1) is 11.1. The molecule has 1 amide bonds. The molecule has 0 aliphatic heterocycles. The number of nitrogens with zero attached hydrogens (tertiary/aromatic N) is 3. The molecule has 2 rings (SSSR count). The predicted octanol–water partition coefficient (Wildman–Crippen LogP) is 3.73. The summed E-state index contributed by atoms with van der Waals surface area (Å²) in [7, 11) is 0. The maximum atomic E-state index is 12.9. The Morgan fingerprint density at radius 1 is 1.35 bits per heavy atom. The van der Waals surface area contributed by atoms with Gasteiger partial charge in [-0.25, -0.2) is 4.39 Å². The van der Waals surface area contributed by atoms with Gasteiger partial charge in [-0.2, -0.15) is 0 Å². The third-order valence-electron chi connectivity index (χ3n) is 3.35. The molecule has 1 N–H and O–H groups in total. The smallest absolute Gasteiger partial charge is 0.237 e. The highest BCUT2D eigenvalue weighted by Crippen LogP contribution is 2.22. The molecule has 7 heteroatoms. The van der Waals surface area contributed by atoms with Crippen molar-refractivity contribution in [2.45, 2.75) is 50.1 Å². The van der Waals surface area contributed by atoms with E-state index < -0.39 is 0 Å². The van der Waals surface area contributed by atoms with Gasteiger partial charge in [-0.15, -0.1) is 10.2 Å². The van der Waals surface area contributed by atoms with E-state index in [2.05, 4.69) is 22.4 Å². The van der Waals surface area contributed by atoms with Gasteiger partial charge in [0.05, 0.1) is 5.25 Å². The molecule has 1 aromatic carbocycles. The quantitative estimate of drug-likeness (QED) is 0.589. The van der Waals surface area contributed by atoms with Crippen molar-refractivity contribution in [3.05, 3.63) is 36.4 Å². The minimum atomic E-state index is -0.328. The lowest BCUT2D eigenvalue weighted by Gasteiger charge is -2.12. The number of aryl methyl sites for hydroxylation is 1. The number of halogens is 1. The van der Waals surface area contributed by atoms with Crippen LogP contribution >= 0.6 is 11.8 Å². The number of benzene rings is 1. The lowest BCUT2D eigenvalue weighted by Crippen LogP contribution is -2.22. The van der Waals surface area contributed by atoms with Crippen molar-refractivity contribution in [2.24, 2.45) is 0 Å². The van der Waals surface area contributed by atoms with Crippen LogP contribution in [0.3, 0.4) is 0 Å². The number of carbonyl (C=O) groups excluding carboxylic acids is 1. The van der Waals surface area contributed by atoms with Crippen molar-refractivity contribution in [2.75, 3.05) is 5.32 Å². The average molecular weight is 336 g/mol. The van der Waals surface area contributed by atoms with E-state index in [0.29, 0.717) is 5.69 Å². The lowest BCUT2D eigenvalue weighted by molar-refractivity contribution is -0.115. The number of nitrogens with one attached hydrogen (secondary N) is 1. The van der Waals surface area contributed by atoms with E-state index in [1.165, 1.54) is 36.0 Å². The van der Waals surface area contributed by atoms with Crippen LogP contribution in [0.2, 0.25) is 0 Å². The fourth-order valence-electron chi connectivity index (χ4n) is 2.01. The summed E-state index contributed by atoms with van der Waals surface area (Å²) in [4.78, 5) is 12.2. The number of aromatic nitrogens is 3. The maximum absolute atomic E-state index is 12.9. The van der Waals surface area contributed by atoms with Gasteiger partial charge >= 0.3 is 0 Å². The number of thioether (sulfide) groups is 1. The molecule has 1 heterocycles. The highest BCUT2D eigenvalue weighted by atomic mass is 32.2. The summed E-state index contributed by atoms with van der Waals surface area (Å²) >= 11 is 1.37. The van der Waals surface area contributed by atoms with Gasteiger partial charge in [-0.1, -0.05) is 31.5 Å². The predicted molar refractivity (Wildman–Crippen MR) is 89.9 cm³/mol. The van der Waals surface area contributed by atoms with E-state index in [1.807, 2.05) is 11.5 Å². The molecule has 0 bridgehead atoms. The first-order valence-corrected chi connectivity index (χ1v) is 8.59. The van der Waals surface area contributed by atoms with E-state index in [1.54, 1.807) is 6.33 Å². The fraction of sp³-hybridized carbons (Fsp3) is 0.438. The van der Waals surface area contributed by atoms with E-state index in [-0.39, 0.29) is 17.0 Å². The van der Waals surface area contributed by atoms with Crippen LogP contribution in [0, 0.1) is 5.82 Å². The number of unbranched alkanes of at least 4 members (excludes halogenated alkanes) is 2. The molecule has 0 radical (unpaired) electrons. The van der Waals surface area contributed by atoms with Crippen molar-refractivity contribution < 1.29 is 9.18 Å². The average Bonchev–Trinajstić information content (AvgIpc) is 2.97. The second-order valence-electron chi connectivity index (χ2n) is 5.27. The molecule has 0 saturated heterocycles. The summed E-state index contributed by atoms with van der Waals surface area (Å²) < 4.78 is 14.8. The van der Waals surface area contributed by atoms with E-state index in [4.69, 9.17) is 0 Å². The van der Waals surface area contributed by atoms with Gasteiger partial charge in [-0.05, 0) is 37.6 Å². The first kappa shape index (κ1) is 17.5. The molecular formula is C16H21FN4OS. The van der Waals surface area contributed by atoms with Crippen LogP contribution in [0.15, 0.2) is 35.7 Å². The van der Waals surface area contributed by atoms with Crippen molar-refractivity contribution in [3.63, 3.8) is 0 Å². The van der Waals surface area contributed by atoms with Crippen LogP contribution in [0.4, 0.5) is 10.1 Å². The summed E-state index contributed by atoms with van der Waals surface area (Å²) in [6.07, 6.45) is 5.07. The summed E-state index contributed by atoms with van der Waals surface area (Å²) in [5.74, 6) is -0.477. The highest BCUT2D eigenvalue weighted by molar-refractivity contribution is 8.00. The Bertz CT molecular complexity index is 629. The number of carbonyl (C=O) groups is 1. The first-order valence-electron chi connectivity index (χ1n) is 7.71. The Balaban J connectivity index is 1.90. The molecule has 0 spiro atoms. The molecule has 1 aromatic heterocycles. The van der Waals surface area contributed by atoms with Crippen molar-refractivity contribution in [1.82, 2.24) is 14.8 Å². The molecule has 1 atom stereocenters. The van der Waals surface area contributed by atoms with Gasteiger partial charge in [0.1, 0.15) is 12.1 Å². The Morgan fingerprint density at radius 3 is 2.78 bits per heavy atom. The van der Waals surface area contributed by atoms with Crippen molar-refractivity contribution >= 4 is 23.4 Å². The number of rotatable bonds is 8. The number of anilines is 1. The Kier molecular flexibility index (Phi) is 6.58. The third-order valence-corrected chi connectivity index (χ3v) is 4.44. The summed E-state index contributed by atoms with van der Waals surface area (Å²) in [5.41, 5.74) is 0.577. The van der Waals surface area contributed by atoms with Gasteiger partial charge in [-0.3, -0.25) is 4.79 Å². The Labute approximate surface area is 139 Å². The van der Waals surface area contributed by atoms with Gasteiger partial charge in [0.25, 0.3) is 0 Å². The number of amides is 1. The Hall–Kier alpha value is -1.89. The fourth-order valence-corrected chi connectivity index (χ4v) is 2.86. The summed E-state index contributed by atoms with van der Waals surface area (Å²) in [5, 5.41) is 11.2. The van der Waals surface area contributed by atoms with Crippen molar-refractivity contribution in [1.29, 1.82) is 0 Å². The number of hydrogen-bond donors (Lipinski definition) is 1. The topological polar surface area (TPSA) is 59.8 Å². The van der Waals surface area contributed by atoms with E-state index in [9.17, 15) is 9.18 Å². The summed E-state index contributed by atoms with van der Waals surface area (Å²) in [6, 6.07) is 5.71. The lowest BCUT2D eigenvalue weighted by atomic mass is 10.2. The molecule has 0 aliphatic carbocycles. The molecule has 0 aliphatic rings. The largest absolute Gasteiger partial charge is 0.325 e. The van der Waals surface area contributed by atoms with Crippen LogP contribution in [-0.4, -0.2) is 25.9 Å². The van der Waals surface area contributed by atoms with Crippen LogP contribution in [-0.2, 0) is 11.3 Å². The monoisotopic (exact) mass is 336 g/mol. The van der Waals surface area contributed by atoms with Crippen LogP contribution < -0.4 is 5.32 Å². The van der Waals surface area contributed by atoms with Gasteiger partial charge < -0.3 is 9.88 Å². The van der Waals surface area contributed by atoms with Gasteiger partial charge in [0, 0.05) is 12.2 Å². The SMILES string of the molecule is CCCCCn1cnnc1S[C@H](C)C(=O)Nc1ccc(F)cc1. The number of hydrogen-bond acceptors (Lipinski definition) is 4. The second-order valence-corrected chi connectivity index (χ2v) is 6.58. The molecule has 2 aromatic rings. The zero-order chi connectivity index (χ0) is 16.7. The normalized spacial score (nSPS) is 12.1. The maximum Gasteiger partial charge on any atom is 0.237 e. The molecular weight excluding hydrogens is 315 g/mol. The van der Waals surface area contributed by atoms with Crippen LogP contribution in [0.1, 0.15) is 33.1 Å². The van der Waals surface area contributed by atoms with Crippen molar-refractivity contribution in [3.8, 4) is 0 Å². The van der Waals surface area contributed by atoms with Gasteiger partial charge in [0.15, 0.2) is 5.16 Å². The molecule has 0 saturated carbocycles. The minimum absolute atomic E-state index is 0.148. The standard InChI is InChI=1S/C16H21FN4OS/c1-3-4-5-10-21-11-18-20-16(21)23-12(2)15(22)19-14-8-6-13(17)7-9-14/h6-9,11-12H,3-5,10H2,1-2H3,(H,19,22)/t12-/m1/s1. The third kappa shape index (κ3) is 5.35. The molecule has 0 unspecified atom stereocenters. The molecule has 124 valence electrons. The summed E-state index contributed by atoms with van der Waals surface area (Å²) in [6.45, 7) is 4.83. The van der Waals surface area contributed by atoms with E-state index in [0.717, 1.165) is 31.0 Å². The Morgan fingerprint density at radius 2 is 2.09 bits per heavy atom. The second kappa shape index (κ2) is 8.67. The van der Waals surface area contributed by atoms with Crippen LogP contribution in [0.25, 0.3) is 0 Å². The van der Waals surface area contributed by atoms with Crippen LogP contribution in [0.5, 0.6) is 0 Å². The molecule has 5 nitrogen and oxygen atoms in total. The minimum Gasteiger partial charge on any atom is -0.325 e.